The predicted molar refractivity (Wildman–Crippen MR) is 123 cm³/mol. The molecule has 0 unspecified atom stereocenters. The normalized spacial score (nSPS) is 10.7. The molecule has 4 aromatic rings. The molecule has 0 saturated heterocycles. The van der Waals surface area contributed by atoms with Crippen molar-refractivity contribution >= 4 is 52.1 Å². The molecule has 4 nitrogen and oxygen atoms in total. The lowest BCUT2D eigenvalue weighted by Crippen LogP contribution is -2.03. The molecule has 0 aliphatic carbocycles. The summed E-state index contributed by atoms with van der Waals surface area (Å²) in [6.45, 7) is 9.04. The van der Waals surface area contributed by atoms with Crippen molar-refractivity contribution in [3.63, 3.8) is 0 Å². The van der Waals surface area contributed by atoms with E-state index in [1.807, 2.05) is 42.9 Å². The van der Waals surface area contributed by atoms with E-state index in [0.29, 0.717) is 5.56 Å². The Morgan fingerprint density at radius 1 is 1.15 bits per heavy atom. The third-order valence-electron chi connectivity index (χ3n) is 4.54. The Labute approximate surface area is 175 Å². The highest BCUT2D eigenvalue weighted by Gasteiger charge is 2.13. The second-order valence-electron chi connectivity index (χ2n) is 6.17. The Balaban J connectivity index is 0.00000102. The zero-order valence-electron chi connectivity index (χ0n) is 15.8. The molecule has 0 radical (unpaired) electrons. The van der Waals surface area contributed by atoms with Crippen molar-refractivity contribution in [3.8, 4) is 6.07 Å². The van der Waals surface area contributed by atoms with Gasteiger partial charge in [0.15, 0.2) is 0 Å². The zero-order chi connectivity index (χ0) is 19.6. The van der Waals surface area contributed by atoms with E-state index in [0.717, 1.165) is 17.4 Å². The third-order valence-corrected chi connectivity index (χ3v) is 6.26. The number of fused-ring (bicyclic) bond motifs is 2. The molecular weight excluding hydrogens is 467 g/mol. The van der Waals surface area contributed by atoms with Crippen LogP contribution in [-0.2, 0) is 6.54 Å². The number of aromatic nitrogens is 3. The second-order valence-corrected chi connectivity index (χ2v) is 7.89. The molecule has 4 rings (SSSR count). The van der Waals surface area contributed by atoms with Gasteiger partial charge in [-0.2, -0.15) is 10.4 Å². The smallest absolute Gasteiger partial charge is 0.0992 e. The lowest BCUT2D eigenvalue weighted by atomic mass is 10.0. The van der Waals surface area contributed by atoms with Gasteiger partial charge in [-0.25, -0.2) is 0 Å². The maximum absolute atomic E-state index is 9.06. The lowest BCUT2D eigenvalue weighted by Gasteiger charge is -2.11. The van der Waals surface area contributed by atoms with E-state index in [4.69, 9.17) is 5.26 Å². The first kappa shape index (κ1) is 19.8. The number of nitriles is 1. The number of hydrogen-bond acceptors (Lipinski definition) is 3. The highest BCUT2D eigenvalue weighted by molar-refractivity contribution is 14.2. The standard InChI is InChI=1S/C19H15IN4S.C2H6/c1-12-7-13(2)19-16(5-6-24(19)25-20)17(12)11-23-10-15-4-3-14(9-21)8-18(15)22-23;1-2/h3-8,10H,11H2,1-2H3;1-2H3. The number of nitrogens with zero attached hydrogens (tertiary/aromatic N) is 4. The van der Waals surface area contributed by atoms with Gasteiger partial charge in [0.2, 0.25) is 0 Å². The van der Waals surface area contributed by atoms with Gasteiger partial charge in [-0.3, -0.25) is 8.65 Å². The highest BCUT2D eigenvalue weighted by Crippen LogP contribution is 2.32. The summed E-state index contributed by atoms with van der Waals surface area (Å²) in [5.74, 6) is 0. The van der Waals surface area contributed by atoms with Crippen molar-refractivity contribution in [1.29, 1.82) is 5.26 Å². The number of aryl methyl sites for hydroxylation is 2. The van der Waals surface area contributed by atoms with Crippen LogP contribution in [0.3, 0.4) is 0 Å². The van der Waals surface area contributed by atoms with E-state index in [2.05, 4.69) is 68.5 Å². The Morgan fingerprint density at radius 2 is 1.93 bits per heavy atom. The first-order valence-corrected chi connectivity index (χ1v) is 12.2. The fourth-order valence-electron chi connectivity index (χ4n) is 3.38. The second kappa shape index (κ2) is 8.36. The van der Waals surface area contributed by atoms with Crippen LogP contribution in [0.25, 0.3) is 21.8 Å². The molecule has 138 valence electrons. The van der Waals surface area contributed by atoms with Crippen LogP contribution >= 0.6 is 30.3 Å². The first-order valence-electron chi connectivity index (χ1n) is 8.87. The Kier molecular flexibility index (Phi) is 6.12. The Bertz CT molecular complexity index is 1150. The van der Waals surface area contributed by atoms with Crippen molar-refractivity contribution in [2.75, 3.05) is 0 Å². The molecule has 0 saturated carbocycles. The average Bonchev–Trinajstić information content (AvgIpc) is 3.29. The van der Waals surface area contributed by atoms with Crippen molar-refractivity contribution < 1.29 is 0 Å². The molecule has 0 bridgehead atoms. The van der Waals surface area contributed by atoms with E-state index in [1.54, 1.807) is 9.12 Å². The predicted octanol–water partition coefficient (Wildman–Crippen LogP) is 6.40. The minimum atomic E-state index is 0.641. The topological polar surface area (TPSA) is 46.5 Å². The summed E-state index contributed by atoms with van der Waals surface area (Å²) >= 11 is 2.31. The van der Waals surface area contributed by atoms with Crippen LogP contribution in [0.5, 0.6) is 0 Å². The molecule has 0 spiro atoms. The molecular formula is C21H21IN4S. The van der Waals surface area contributed by atoms with Gasteiger partial charge in [-0.15, -0.1) is 0 Å². The largest absolute Gasteiger partial charge is 0.282 e. The summed E-state index contributed by atoms with van der Waals surface area (Å²) in [7, 11) is 1.68. The van der Waals surface area contributed by atoms with Gasteiger partial charge < -0.3 is 0 Å². The molecule has 0 aliphatic heterocycles. The van der Waals surface area contributed by atoms with Gasteiger partial charge in [-0.1, -0.05) is 19.9 Å². The summed E-state index contributed by atoms with van der Waals surface area (Å²) in [6, 6.07) is 12.2. The van der Waals surface area contributed by atoms with Crippen LogP contribution in [0.4, 0.5) is 0 Å². The van der Waals surface area contributed by atoms with E-state index in [-0.39, 0.29) is 0 Å². The van der Waals surface area contributed by atoms with Crippen LogP contribution in [0.15, 0.2) is 42.7 Å². The molecule has 27 heavy (non-hydrogen) atoms. The van der Waals surface area contributed by atoms with E-state index >= 15 is 0 Å². The molecule has 0 aliphatic rings. The third kappa shape index (κ3) is 3.71. The number of rotatable bonds is 3. The Hall–Kier alpha value is -1.98. The molecule has 0 fully saturated rings. The maximum Gasteiger partial charge on any atom is 0.0992 e. The summed E-state index contributed by atoms with van der Waals surface area (Å²) in [4.78, 5) is 0. The van der Waals surface area contributed by atoms with Crippen molar-refractivity contribution in [1.82, 2.24) is 13.8 Å². The number of hydrogen-bond donors (Lipinski definition) is 0. The van der Waals surface area contributed by atoms with Crippen LogP contribution < -0.4 is 0 Å². The molecule has 6 heteroatoms. The van der Waals surface area contributed by atoms with Gasteiger partial charge in [0.1, 0.15) is 0 Å². The number of benzene rings is 2. The molecule has 0 N–H and O–H groups in total. The van der Waals surface area contributed by atoms with Crippen LogP contribution in [-0.4, -0.2) is 13.8 Å². The average molecular weight is 488 g/mol. The molecule has 2 aromatic heterocycles. The summed E-state index contributed by atoms with van der Waals surface area (Å²) in [5.41, 5.74) is 6.62. The molecule has 0 atom stereocenters. The summed E-state index contributed by atoms with van der Waals surface area (Å²) < 4.78 is 4.17. The minimum Gasteiger partial charge on any atom is -0.282 e. The monoisotopic (exact) mass is 488 g/mol. The van der Waals surface area contributed by atoms with Crippen LogP contribution in [0, 0.1) is 25.2 Å². The van der Waals surface area contributed by atoms with E-state index in [1.165, 1.54) is 27.6 Å². The summed E-state index contributed by atoms with van der Waals surface area (Å²) in [6.07, 6.45) is 4.17. The van der Waals surface area contributed by atoms with E-state index < -0.39 is 0 Å². The van der Waals surface area contributed by atoms with Gasteiger partial charge in [-0.05, 0) is 54.8 Å². The summed E-state index contributed by atoms with van der Waals surface area (Å²) in [5, 5.41) is 16.1. The van der Waals surface area contributed by atoms with Crippen LogP contribution in [0.1, 0.15) is 36.1 Å². The van der Waals surface area contributed by atoms with Crippen molar-refractivity contribution in [2.45, 2.75) is 34.2 Å². The molecule has 2 aromatic carbocycles. The quantitative estimate of drug-likeness (QED) is 0.314. The minimum absolute atomic E-state index is 0.641. The van der Waals surface area contributed by atoms with Gasteiger partial charge in [0, 0.05) is 53.5 Å². The van der Waals surface area contributed by atoms with Crippen LogP contribution in [0.2, 0.25) is 0 Å². The van der Waals surface area contributed by atoms with E-state index in [9.17, 15) is 0 Å². The number of halogens is 1. The zero-order valence-corrected chi connectivity index (χ0v) is 18.8. The molecule has 2 heterocycles. The maximum atomic E-state index is 9.06. The first-order chi connectivity index (χ1) is 13.1. The van der Waals surface area contributed by atoms with Gasteiger partial charge >= 0.3 is 0 Å². The molecule has 0 amide bonds. The van der Waals surface area contributed by atoms with Gasteiger partial charge in [0.05, 0.1) is 29.2 Å². The van der Waals surface area contributed by atoms with Crippen molar-refractivity contribution in [2.24, 2.45) is 0 Å². The fourth-order valence-corrected chi connectivity index (χ4v) is 4.79. The highest BCUT2D eigenvalue weighted by atomic mass is 127. The lowest BCUT2D eigenvalue weighted by molar-refractivity contribution is 0.696. The SMILES string of the molecule is CC.Cc1cc(C)c2c(ccn2SI)c1Cn1cc2ccc(C#N)cc2n1. The van der Waals surface area contributed by atoms with Crippen molar-refractivity contribution in [3.05, 3.63) is 65.0 Å². The van der Waals surface area contributed by atoms with Gasteiger partial charge in [0.25, 0.3) is 0 Å². The fraction of sp³-hybridized carbons (Fsp3) is 0.238. The Morgan fingerprint density at radius 3 is 2.63 bits per heavy atom.